The van der Waals surface area contributed by atoms with Crippen molar-refractivity contribution in [1.29, 1.82) is 0 Å². The zero-order chi connectivity index (χ0) is 23.3. The van der Waals surface area contributed by atoms with E-state index in [1.807, 2.05) is 44.2 Å². The van der Waals surface area contributed by atoms with E-state index in [0.29, 0.717) is 11.5 Å². The van der Waals surface area contributed by atoms with E-state index < -0.39 is 0 Å². The second kappa shape index (κ2) is 10.6. The van der Waals surface area contributed by atoms with E-state index in [2.05, 4.69) is 58.8 Å². The largest absolute Gasteiger partial charge is 0.348 e. The molecule has 7 heteroatoms. The quantitative estimate of drug-likeness (QED) is 0.221. The summed E-state index contributed by atoms with van der Waals surface area (Å²) >= 11 is 1.59. The van der Waals surface area contributed by atoms with Crippen LogP contribution in [0.4, 0.5) is 0 Å². The Hall–Kier alpha value is -2.93. The normalized spacial score (nSPS) is 11.5. The van der Waals surface area contributed by atoms with Crippen molar-refractivity contribution in [2.24, 2.45) is 11.0 Å². The number of aromatic nitrogens is 3. The predicted octanol–water partition coefficient (Wildman–Crippen LogP) is 5.22. The van der Waals surface area contributed by atoms with Crippen molar-refractivity contribution in [2.45, 2.75) is 59.0 Å². The Bertz CT molecular complexity index is 1100. The van der Waals surface area contributed by atoms with Crippen molar-refractivity contribution in [3.05, 3.63) is 75.9 Å². The van der Waals surface area contributed by atoms with Gasteiger partial charge in [-0.25, -0.2) is 15.4 Å². The lowest BCUT2D eigenvalue weighted by molar-refractivity contribution is 0.0955. The number of carbonyl (C=O) groups excluding carboxylic acids is 1. The third-order valence-corrected chi connectivity index (χ3v) is 5.99. The van der Waals surface area contributed by atoms with Gasteiger partial charge < -0.3 is 4.57 Å². The number of nitrogens with one attached hydrogen (secondary N) is 1. The topological polar surface area (TPSA) is 72.2 Å². The number of hydrogen-bond donors (Lipinski definition) is 1. The first kappa shape index (κ1) is 23.7. The monoisotopic (exact) mass is 449 g/mol. The molecule has 6 nitrogen and oxygen atoms in total. The van der Waals surface area contributed by atoms with E-state index in [-0.39, 0.29) is 5.91 Å². The van der Waals surface area contributed by atoms with Gasteiger partial charge in [-0.1, -0.05) is 37.7 Å². The summed E-state index contributed by atoms with van der Waals surface area (Å²) in [4.78, 5) is 21.3. The van der Waals surface area contributed by atoms with Crippen molar-refractivity contribution in [3.8, 4) is 0 Å². The average molecular weight is 450 g/mol. The van der Waals surface area contributed by atoms with Crippen molar-refractivity contribution >= 4 is 23.9 Å². The van der Waals surface area contributed by atoms with Crippen molar-refractivity contribution in [1.82, 2.24) is 20.0 Å². The lowest BCUT2D eigenvalue weighted by atomic mass is 10.1. The van der Waals surface area contributed by atoms with Crippen LogP contribution in [0.3, 0.4) is 0 Å². The van der Waals surface area contributed by atoms with E-state index in [4.69, 9.17) is 0 Å². The lowest BCUT2D eigenvalue weighted by Crippen LogP contribution is -2.17. The van der Waals surface area contributed by atoms with Gasteiger partial charge in [0.1, 0.15) is 0 Å². The predicted molar refractivity (Wildman–Crippen MR) is 131 cm³/mol. The number of hydrazone groups is 1. The Morgan fingerprint density at radius 1 is 1.09 bits per heavy atom. The fraction of sp³-hybridized carbons (Fsp3) is 0.360. The minimum atomic E-state index is -0.228. The molecule has 0 aliphatic heterocycles. The SMILES string of the molecule is Cc1cc(C)nc(SCc2ccc(C(=O)N/N=C/c3cc(C)n(CC(C)C)c3C)cc2)n1. The summed E-state index contributed by atoms with van der Waals surface area (Å²) in [5.41, 5.74) is 9.62. The first-order valence-corrected chi connectivity index (χ1v) is 11.8. The molecule has 1 N–H and O–H groups in total. The van der Waals surface area contributed by atoms with Crippen molar-refractivity contribution < 1.29 is 4.79 Å². The molecule has 168 valence electrons. The number of thioether (sulfide) groups is 1. The molecule has 1 amide bonds. The van der Waals surface area contributed by atoms with Gasteiger partial charge in [0.15, 0.2) is 5.16 Å². The molecule has 0 aliphatic rings. The molecule has 0 bridgehead atoms. The number of hydrogen-bond acceptors (Lipinski definition) is 5. The van der Waals surface area contributed by atoms with Gasteiger partial charge >= 0.3 is 0 Å². The molecule has 0 radical (unpaired) electrons. The third kappa shape index (κ3) is 6.29. The van der Waals surface area contributed by atoms with Gasteiger partial charge in [-0.3, -0.25) is 4.79 Å². The fourth-order valence-corrected chi connectivity index (χ4v) is 4.39. The van der Waals surface area contributed by atoms with Gasteiger partial charge in [-0.05, 0) is 63.4 Å². The molecule has 3 rings (SSSR count). The molecular weight excluding hydrogens is 418 g/mol. The van der Waals surface area contributed by atoms with E-state index in [0.717, 1.165) is 45.7 Å². The maximum Gasteiger partial charge on any atom is 0.271 e. The highest BCUT2D eigenvalue weighted by molar-refractivity contribution is 7.98. The molecule has 0 atom stereocenters. The molecule has 2 heterocycles. The number of carbonyl (C=O) groups is 1. The maximum atomic E-state index is 12.4. The molecule has 0 saturated heterocycles. The van der Waals surface area contributed by atoms with Crippen LogP contribution in [0.15, 0.2) is 46.7 Å². The van der Waals surface area contributed by atoms with E-state index >= 15 is 0 Å². The molecule has 0 unspecified atom stereocenters. The van der Waals surface area contributed by atoms with Crippen LogP contribution in [0, 0.1) is 33.6 Å². The minimum Gasteiger partial charge on any atom is -0.348 e. The van der Waals surface area contributed by atoms with Gasteiger partial charge in [-0.15, -0.1) is 0 Å². The van der Waals surface area contributed by atoms with Crippen LogP contribution in [0.1, 0.15) is 58.1 Å². The van der Waals surface area contributed by atoms with E-state index in [1.54, 1.807) is 18.0 Å². The van der Waals surface area contributed by atoms with Crippen LogP contribution >= 0.6 is 11.8 Å². The molecule has 0 fully saturated rings. The highest BCUT2D eigenvalue weighted by Crippen LogP contribution is 2.20. The van der Waals surface area contributed by atoms with Crippen molar-refractivity contribution in [3.63, 3.8) is 0 Å². The highest BCUT2D eigenvalue weighted by Gasteiger charge is 2.09. The second-order valence-electron chi connectivity index (χ2n) is 8.45. The van der Waals surface area contributed by atoms with Gasteiger partial charge in [-0.2, -0.15) is 5.10 Å². The Labute approximate surface area is 194 Å². The first-order valence-electron chi connectivity index (χ1n) is 10.8. The number of rotatable bonds is 8. The van der Waals surface area contributed by atoms with Crippen LogP contribution in [-0.4, -0.2) is 26.7 Å². The van der Waals surface area contributed by atoms with Crippen LogP contribution in [0.5, 0.6) is 0 Å². The summed E-state index contributed by atoms with van der Waals surface area (Å²) in [7, 11) is 0. The minimum absolute atomic E-state index is 0.228. The summed E-state index contributed by atoms with van der Waals surface area (Å²) in [5.74, 6) is 1.09. The van der Waals surface area contributed by atoms with Crippen LogP contribution in [-0.2, 0) is 12.3 Å². The number of nitrogens with zero attached hydrogens (tertiary/aromatic N) is 4. The Morgan fingerprint density at radius 3 is 2.38 bits per heavy atom. The summed E-state index contributed by atoms with van der Waals surface area (Å²) in [5, 5.41) is 4.94. The summed E-state index contributed by atoms with van der Waals surface area (Å²) in [6.07, 6.45) is 1.71. The zero-order valence-corrected chi connectivity index (χ0v) is 20.5. The number of aryl methyl sites for hydroxylation is 3. The van der Waals surface area contributed by atoms with Crippen LogP contribution in [0.2, 0.25) is 0 Å². The molecule has 32 heavy (non-hydrogen) atoms. The molecule has 1 aromatic carbocycles. The maximum absolute atomic E-state index is 12.4. The summed E-state index contributed by atoms with van der Waals surface area (Å²) in [6, 6.07) is 11.6. The molecule has 0 aliphatic carbocycles. The molecular formula is C25H31N5OS. The van der Waals surface area contributed by atoms with Gasteiger partial charge in [0.2, 0.25) is 0 Å². The molecule has 2 aromatic heterocycles. The lowest BCUT2D eigenvalue weighted by Gasteiger charge is -2.11. The summed E-state index contributed by atoms with van der Waals surface area (Å²) < 4.78 is 2.29. The number of amides is 1. The third-order valence-electron chi connectivity index (χ3n) is 5.08. The summed E-state index contributed by atoms with van der Waals surface area (Å²) in [6.45, 7) is 13.5. The molecule has 3 aromatic rings. The number of benzene rings is 1. The first-order chi connectivity index (χ1) is 15.2. The Morgan fingerprint density at radius 2 is 1.75 bits per heavy atom. The fourth-order valence-electron chi connectivity index (χ4n) is 3.49. The van der Waals surface area contributed by atoms with Gasteiger partial charge in [0.25, 0.3) is 5.91 Å². The zero-order valence-electron chi connectivity index (χ0n) is 19.6. The van der Waals surface area contributed by atoms with Crippen molar-refractivity contribution in [2.75, 3.05) is 0 Å². The van der Waals surface area contributed by atoms with Gasteiger partial charge in [0.05, 0.1) is 6.21 Å². The Balaban J connectivity index is 1.57. The van der Waals surface area contributed by atoms with Crippen LogP contribution < -0.4 is 5.43 Å². The van der Waals surface area contributed by atoms with E-state index in [1.165, 1.54) is 5.69 Å². The van der Waals surface area contributed by atoms with E-state index in [9.17, 15) is 4.79 Å². The second-order valence-corrected chi connectivity index (χ2v) is 9.39. The molecule has 0 saturated carbocycles. The standard InChI is InChI=1S/C25H31N5OS/c1-16(2)14-30-19(5)12-23(20(30)6)13-26-29-24(31)22-9-7-21(8-10-22)15-32-25-27-17(3)11-18(4)28-25/h7-13,16H,14-15H2,1-6H3,(H,29,31)/b26-13+. The Kier molecular flexibility index (Phi) is 7.85. The van der Waals surface area contributed by atoms with Gasteiger partial charge in [0, 0.05) is 46.2 Å². The smallest absolute Gasteiger partial charge is 0.271 e. The highest BCUT2D eigenvalue weighted by atomic mass is 32.2. The average Bonchev–Trinajstić information content (AvgIpc) is 2.99. The molecule has 0 spiro atoms. The van der Waals surface area contributed by atoms with Crippen LogP contribution in [0.25, 0.3) is 0 Å².